The van der Waals surface area contributed by atoms with Crippen molar-refractivity contribution in [1.82, 2.24) is 9.03 Å². The Morgan fingerprint density at radius 2 is 2.07 bits per heavy atom. The smallest absolute Gasteiger partial charge is 0.280 e. The molecular weight excluding hydrogens is 409 g/mol. The maximum absolute atomic E-state index is 13.3. The number of anilines is 1. The van der Waals surface area contributed by atoms with Gasteiger partial charge in [-0.2, -0.15) is 17.4 Å². The van der Waals surface area contributed by atoms with Crippen LogP contribution < -0.4 is 14.8 Å². The number of likely N-dealkylation sites (N-methyl/N-ethyl adjacent to an activating group) is 1. The van der Waals surface area contributed by atoms with E-state index < -0.39 is 34.0 Å². The predicted molar refractivity (Wildman–Crippen MR) is 104 cm³/mol. The zero-order valence-electron chi connectivity index (χ0n) is 15.1. The molecule has 0 aliphatic carbocycles. The third-order valence-corrected chi connectivity index (χ3v) is 6.44. The number of rotatable bonds is 4. The second-order valence-electron chi connectivity index (χ2n) is 6.34. The minimum Gasteiger partial charge on any atom is -0.497 e. The van der Waals surface area contributed by atoms with Crippen LogP contribution in [0.4, 0.5) is 10.1 Å². The summed E-state index contributed by atoms with van der Waals surface area (Å²) >= 11 is 5.73. The number of carbonyl (C=O) groups excluding carboxylic acids is 1. The maximum atomic E-state index is 13.3. The van der Waals surface area contributed by atoms with E-state index in [-0.39, 0.29) is 17.1 Å². The molecule has 150 valence electrons. The lowest BCUT2D eigenvalue weighted by molar-refractivity contribution is -0.120. The number of benzene rings is 2. The number of methoxy groups -OCH3 is 1. The normalized spacial score (nSPS) is 21.9. The first-order valence-corrected chi connectivity index (χ1v) is 10.2. The molecule has 0 saturated carbocycles. The predicted octanol–water partition coefficient (Wildman–Crippen LogP) is 2.71. The van der Waals surface area contributed by atoms with Gasteiger partial charge in [-0.3, -0.25) is 4.79 Å². The molecule has 1 aliphatic heterocycles. The number of hydrogen-bond acceptors (Lipinski definition) is 4. The van der Waals surface area contributed by atoms with Crippen LogP contribution in [-0.2, 0) is 15.0 Å². The molecule has 2 aromatic carbocycles. The van der Waals surface area contributed by atoms with Crippen LogP contribution >= 0.6 is 11.6 Å². The van der Waals surface area contributed by atoms with Crippen LogP contribution in [0, 0.1) is 5.82 Å². The van der Waals surface area contributed by atoms with Crippen LogP contribution in [0.2, 0.25) is 5.02 Å². The molecule has 7 nitrogen and oxygen atoms in total. The van der Waals surface area contributed by atoms with Gasteiger partial charge in [0.2, 0.25) is 5.91 Å². The first-order valence-electron chi connectivity index (χ1n) is 8.36. The highest BCUT2D eigenvalue weighted by Gasteiger charge is 2.40. The average Bonchev–Trinajstić information content (AvgIpc) is 2.66. The lowest BCUT2D eigenvalue weighted by Gasteiger charge is -2.36. The summed E-state index contributed by atoms with van der Waals surface area (Å²) in [5, 5.41) is 2.45. The van der Waals surface area contributed by atoms with Gasteiger partial charge in [0.15, 0.2) is 0 Å². The SMILES string of the molecule is COc1cccc(C2CC(C(=O)Nc3ccc(F)c(Cl)c3)N(C)S(=O)(=O)N2)c1. The first-order chi connectivity index (χ1) is 13.2. The van der Waals surface area contributed by atoms with Crippen molar-refractivity contribution >= 4 is 33.4 Å². The van der Waals surface area contributed by atoms with Crippen molar-refractivity contribution in [1.29, 1.82) is 0 Å². The Morgan fingerprint density at radius 3 is 2.75 bits per heavy atom. The van der Waals surface area contributed by atoms with Crippen molar-refractivity contribution in [3.63, 3.8) is 0 Å². The van der Waals surface area contributed by atoms with E-state index in [0.717, 1.165) is 10.4 Å². The van der Waals surface area contributed by atoms with Crippen molar-refractivity contribution in [2.24, 2.45) is 0 Å². The summed E-state index contributed by atoms with van der Waals surface area (Å²) in [5.74, 6) is -0.569. The second kappa shape index (κ2) is 8.04. The number of halogens is 2. The molecule has 1 heterocycles. The number of amides is 1. The van der Waals surface area contributed by atoms with E-state index >= 15 is 0 Å². The lowest BCUT2D eigenvalue weighted by Crippen LogP contribution is -2.55. The van der Waals surface area contributed by atoms with Crippen molar-refractivity contribution in [2.75, 3.05) is 19.5 Å². The van der Waals surface area contributed by atoms with Crippen molar-refractivity contribution in [2.45, 2.75) is 18.5 Å². The summed E-state index contributed by atoms with van der Waals surface area (Å²) in [7, 11) is -1.04. The molecule has 1 saturated heterocycles. The van der Waals surface area contributed by atoms with Gasteiger partial charge < -0.3 is 10.1 Å². The molecule has 0 bridgehead atoms. The Kier molecular flexibility index (Phi) is 5.90. The number of hydrogen-bond donors (Lipinski definition) is 2. The summed E-state index contributed by atoms with van der Waals surface area (Å²) in [6, 6.07) is 9.14. The molecule has 10 heteroatoms. The van der Waals surface area contributed by atoms with Gasteiger partial charge in [0.05, 0.1) is 18.2 Å². The second-order valence-corrected chi connectivity index (χ2v) is 8.51. The Morgan fingerprint density at radius 1 is 1.32 bits per heavy atom. The number of carbonyl (C=O) groups is 1. The zero-order valence-corrected chi connectivity index (χ0v) is 16.7. The van der Waals surface area contributed by atoms with E-state index in [9.17, 15) is 17.6 Å². The molecule has 1 aliphatic rings. The van der Waals surface area contributed by atoms with Crippen LogP contribution in [0.3, 0.4) is 0 Å². The molecule has 2 atom stereocenters. The number of ether oxygens (including phenoxy) is 1. The van der Waals surface area contributed by atoms with Crippen LogP contribution in [0.15, 0.2) is 42.5 Å². The van der Waals surface area contributed by atoms with E-state index in [1.165, 1.54) is 26.3 Å². The van der Waals surface area contributed by atoms with Gasteiger partial charge in [-0.1, -0.05) is 23.7 Å². The van der Waals surface area contributed by atoms with Gasteiger partial charge >= 0.3 is 0 Å². The van der Waals surface area contributed by atoms with Crippen LogP contribution in [0.5, 0.6) is 5.75 Å². The van der Waals surface area contributed by atoms with Gasteiger partial charge in [0.25, 0.3) is 10.2 Å². The molecule has 2 aromatic rings. The minimum absolute atomic E-state index is 0.140. The molecule has 28 heavy (non-hydrogen) atoms. The van der Waals surface area contributed by atoms with E-state index in [0.29, 0.717) is 11.3 Å². The highest BCUT2D eigenvalue weighted by molar-refractivity contribution is 7.87. The van der Waals surface area contributed by atoms with E-state index in [1.54, 1.807) is 24.3 Å². The topological polar surface area (TPSA) is 87.7 Å². The van der Waals surface area contributed by atoms with Crippen LogP contribution in [-0.4, -0.2) is 38.8 Å². The highest BCUT2D eigenvalue weighted by Crippen LogP contribution is 2.30. The molecule has 2 unspecified atom stereocenters. The molecule has 3 rings (SSSR count). The largest absolute Gasteiger partial charge is 0.497 e. The average molecular weight is 428 g/mol. The van der Waals surface area contributed by atoms with Gasteiger partial charge in [-0.05, 0) is 42.3 Å². The van der Waals surface area contributed by atoms with E-state index in [4.69, 9.17) is 16.3 Å². The third-order valence-electron chi connectivity index (χ3n) is 4.55. The first kappa shape index (κ1) is 20.5. The van der Waals surface area contributed by atoms with Gasteiger partial charge in [0.1, 0.15) is 17.6 Å². The van der Waals surface area contributed by atoms with Gasteiger partial charge in [0, 0.05) is 12.7 Å². The summed E-state index contributed by atoms with van der Waals surface area (Å²) < 4.78 is 47.1. The van der Waals surface area contributed by atoms with Crippen molar-refractivity contribution in [3.8, 4) is 5.75 Å². The summed E-state index contributed by atoms with van der Waals surface area (Å²) in [6.45, 7) is 0. The Hall–Kier alpha value is -2.20. The van der Waals surface area contributed by atoms with Crippen molar-refractivity contribution < 1.29 is 22.3 Å². The number of nitrogens with one attached hydrogen (secondary N) is 2. The van der Waals surface area contributed by atoms with Crippen LogP contribution in [0.25, 0.3) is 0 Å². The monoisotopic (exact) mass is 427 g/mol. The standard InChI is InChI=1S/C18H19ClFN3O4S/c1-23-17(18(24)21-12-6-7-15(20)14(19)9-12)10-16(22-28(23,25)26)11-4-3-5-13(8-11)27-2/h3-9,16-17,22H,10H2,1-2H3,(H,21,24). The van der Waals surface area contributed by atoms with E-state index in [1.807, 2.05) is 0 Å². The van der Waals surface area contributed by atoms with Crippen LogP contribution in [0.1, 0.15) is 18.0 Å². The molecule has 0 aromatic heterocycles. The molecular formula is C18H19ClFN3O4S. The fourth-order valence-corrected chi connectivity index (χ4v) is 4.44. The highest BCUT2D eigenvalue weighted by atomic mass is 35.5. The van der Waals surface area contributed by atoms with Crippen molar-refractivity contribution in [3.05, 3.63) is 58.9 Å². The van der Waals surface area contributed by atoms with Gasteiger partial charge in [-0.15, -0.1) is 0 Å². The fourth-order valence-electron chi connectivity index (χ4n) is 2.98. The lowest BCUT2D eigenvalue weighted by atomic mass is 9.99. The molecule has 0 spiro atoms. The maximum Gasteiger partial charge on any atom is 0.280 e. The molecule has 1 fully saturated rings. The summed E-state index contributed by atoms with van der Waals surface area (Å²) in [6.07, 6.45) is 0.198. The Labute approximate surface area is 167 Å². The minimum atomic E-state index is -3.88. The Balaban J connectivity index is 1.85. The molecule has 0 radical (unpaired) electrons. The summed E-state index contributed by atoms with van der Waals surface area (Å²) in [5.41, 5.74) is 0.956. The fraction of sp³-hybridized carbons (Fsp3) is 0.278. The van der Waals surface area contributed by atoms with Gasteiger partial charge in [-0.25, -0.2) is 4.39 Å². The van der Waals surface area contributed by atoms with E-state index in [2.05, 4.69) is 10.0 Å². The molecule has 1 amide bonds. The summed E-state index contributed by atoms with van der Waals surface area (Å²) in [4.78, 5) is 12.8. The quantitative estimate of drug-likeness (QED) is 0.785. The Bertz CT molecular complexity index is 1000. The zero-order chi connectivity index (χ0) is 20.5. The molecule has 2 N–H and O–H groups in total. The third kappa shape index (κ3) is 4.27. The number of nitrogens with zero attached hydrogens (tertiary/aromatic N) is 1.